The van der Waals surface area contributed by atoms with Gasteiger partial charge in [-0.05, 0) is 19.9 Å². The molecule has 0 aromatic heterocycles. The summed E-state index contributed by atoms with van der Waals surface area (Å²) >= 11 is 0. The maximum atomic E-state index is 8.37. The SMILES string of the molecule is C[C@H]1CN(CCCC#N)CCN1. The van der Waals surface area contributed by atoms with Crippen molar-refractivity contribution in [2.24, 2.45) is 0 Å². The zero-order chi connectivity index (χ0) is 8.81. The van der Waals surface area contributed by atoms with Gasteiger partial charge in [0.15, 0.2) is 0 Å². The van der Waals surface area contributed by atoms with E-state index in [1.807, 2.05) is 0 Å². The van der Waals surface area contributed by atoms with E-state index < -0.39 is 0 Å². The molecule has 0 bridgehead atoms. The summed E-state index contributed by atoms with van der Waals surface area (Å²) < 4.78 is 0. The van der Waals surface area contributed by atoms with Gasteiger partial charge in [0.05, 0.1) is 6.07 Å². The van der Waals surface area contributed by atoms with Crippen molar-refractivity contribution in [3.8, 4) is 6.07 Å². The molecule has 1 N–H and O–H groups in total. The van der Waals surface area contributed by atoms with E-state index in [4.69, 9.17) is 5.26 Å². The number of unbranched alkanes of at least 4 members (excludes halogenated alkanes) is 1. The van der Waals surface area contributed by atoms with E-state index in [1.54, 1.807) is 0 Å². The van der Waals surface area contributed by atoms with E-state index in [-0.39, 0.29) is 0 Å². The van der Waals surface area contributed by atoms with E-state index in [1.165, 1.54) is 0 Å². The van der Waals surface area contributed by atoms with Crippen molar-refractivity contribution in [3.05, 3.63) is 0 Å². The smallest absolute Gasteiger partial charge is 0.0622 e. The van der Waals surface area contributed by atoms with Crippen molar-refractivity contribution in [1.82, 2.24) is 10.2 Å². The van der Waals surface area contributed by atoms with Gasteiger partial charge in [0.25, 0.3) is 0 Å². The summed E-state index contributed by atoms with van der Waals surface area (Å²) in [5, 5.41) is 11.8. The minimum Gasteiger partial charge on any atom is -0.312 e. The Hall–Kier alpha value is -0.590. The number of piperazine rings is 1. The molecule has 68 valence electrons. The van der Waals surface area contributed by atoms with Gasteiger partial charge in [0.2, 0.25) is 0 Å². The highest BCUT2D eigenvalue weighted by atomic mass is 15.2. The summed E-state index contributed by atoms with van der Waals surface area (Å²) in [4.78, 5) is 2.43. The third kappa shape index (κ3) is 3.21. The van der Waals surface area contributed by atoms with E-state index in [0.717, 1.165) is 32.6 Å². The largest absolute Gasteiger partial charge is 0.312 e. The summed E-state index contributed by atoms with van der Waals surface area (Å²) in [5.74, 6) is 0. The predicted octanol–water partition coefficient (Wildman–Crippen LogP) is 0.584. The van der Waals surface area contributed by atoms with Crippen LogP contribution < -0.4 is 5.32 Å². The number of hydrogen-bond donors (Lipinski definition) is 1. The van der Waals surface area contributed by atoms with Gasteiger partial charge in [-0.15, -0.1) is 0 Å². The van der Waals surface area contributed by atoms with Gasteiger partial charge < -0.3 is 10.2 Å². The topological polar surface area (TPSA) is 39.1 Å². The molecule has 1 atom stereocenters. The Labute approximate surface area is 74.4 Å². The van der Waals surface area contributed by atoms with Crippen molar-refractivity contribution >= 4 is 0 Å². The summed E-state index contributed by atoms with van der Waals surface area (Å²) in [6.07, 6.45) is 1.71. The van der Waals surface area contributed by atoms with Gasteiger partial charge in [-0.25, -0.2) is 0 Å². The number of nitrogens with zero attached hydrogens (tertiary/aromatic N) is 2. The monoisotopic (exact) mass is 167 g/mol. The van der Waals surface area contributed by atoms with E-state index in [0.29, 0.717) is 12.5 Å². The van der Waals surface area contributed by atoms with Crippen LogP contribution in [0.4, 0.5) is 0 Å². The molecule has 1 aliphatic heterocycles. The average Bonchev–Trinajstić information content (AvgIpc) is 2.05. The van der Waals surface area contributed by atoms with Gasteiger partial charge in [0, 0.05) is 32.1 Å². The lowest BCUT2D eigenvalue weighted by atomic mass is 10.2. The second kappa shape index (κ2) is 5.13. The molecule has 1 heterocycles. The standard InChI is InChI=1S/C9H17N3/c1-9-8-12(7-5-11-9)6-3-2-4-10/h9,11H,2-3,5-8H2,1H3/t9-/m0/s1. The van der Waals surface area contributed by atoms with E-state index >= 15 is 0 Å². The number of nitriles is 1. The fraction of sp³-hybridized carbons (Fsp3) is 0.889. The number of hydrogen-bond acceptors (Lipinski definition) is 3. The second-order valence-corrected chi connectivity index (χ2v) is 3.42. The molecule has 0 aliphatic carbocycles. The van der Waals surface area contributed by atoms with Crippen molar-refractivity contribution < 1.29 is 0 Å². The van der Waals surface area contributed by atoms with Crippen molar-refractivity contribution in [3.63, 3.8) is 0 Å². The van der Waals surface area contributed by atoms with E-state index in [9.17, 15) is 0 Å². The highest BCUT2D eigenvalue weighted by Crippen LogP contribution is 2.00. The molecule has 0 saturated carbocycles. The van der Waals surface area contributed by atoms with Crippen LogP contribution >= 0.6 is 0 Å². The molecule has 0 amide bonds. The maximum absolute atomic E-state index is 8.37. The molecule has 3 heteroatoms. The Morgan fingerprint density at radius 3 is 3.17 bits per heavy atom. The molecule has 1 saturated heterocycles. The normalized spacial score (nSPS) is 25.2. The van der Waals surface area contributed by atoms with Gasteiger partial charge in [-0.1, -0.05) is 0 Å². The summed E-state index contributed by atoms with van der Waals surface area (Å²) in [6.45, 7) is 6.64. The third-order valence-electron chi connectivity index (χ3n) is 2.22. The lowest BCUT2D eigenvalue weighted by Gasteiger charge is -2.31. The van der Waals surface area contributed by atoms with Gasteiger partial charge >= 0.3 is 0 Å². The Bertz CT molecular complexity index is 162. The first-order valence-corrected chi connectivity index (χ1v) is 4.65. The summed E-state index contributed by atoms with van der Waals surface area (Å²) in [5.41, 5.74) is 0. The Balaban J connectivity index is 2.11. The summed E-state index contributed by atoms with van der Waals surface area (Å²) in [6, 6.07) is 2.79. The molecular formula is C9H17N3. The van der Waals surface area contributed by atoms with Crippen molar-refractivity contribution in [2.45, 2.75) is 25.8 Å². The molecular weight excluding hydrogens is 150 g/mol. The molecule has 3 nitrogen and oxygen atoms in total. The minimum absolute atomic E-state index is 0.612. The molecule has 12 heavy (non-hydrogen) atoms. The van der Waals surface area contributed by atoms with Gasteiger partial charge in [-0.2, -0.15) is 5.26 Å². The molecule has 0 aromatic rings. The molecule has 1 fully saturated rings. The van der Waals surface area contributed by atoms with E-state index in [2.05, 4.69) is 23.2 Å². The van der Waals surface area contributed by atoms with Crippen LogP contribution in [0.25, 0.3) is 0 Å². The predicted molar refractivity (Wildman–Crippen MR) is 48.8 cm³/mol. The fourth-order valence-electron chi connectivity index (χ4n) is 1.60. The second-order valence-electron chi connectivity index (χ2n) is 3.42. The molecule has 0 radical (unpaired) electrons. The third-order valence-corrected chi connectivity index (χ3v) is 2.22. The molecule has 1 aliphatic rings. The zero-order valence-corrected chi connectivity index (χ0v) is 7.71. The quantitative estimate of drug-likeness (QED) is 0.625. The van der Waals surface area contributed by atoms with Crippen LogP contribution in [0.3, 0.4) is 0 Å². The Kier molecular flexibility index (Phi) is 4.06. The average molecular weight is 167 g/mol. The van der Waals surface area contributed by atoms with Gasteiger partial charge in [0.1, 0.15) is 0 Å². The number of nitrogens with one attached hydrogen (secondary N) is 1. The van der Waals surface area contributed by atoms with Crippen LogP contribution in [0.15, 0.2) is 0 Å². The van der Waals surface area contributed by atoms with Crippen LogP contribution in [0.2, 0.25) is 0 Å². The highest BCUT2D eigenvalue weighted by Gasteiger charge is 2.13. The zero-order valence-electron chi connectivity index (χ0n) is 7.71. The van der Waals surface area contributed by atoms with Crippen molar-refractivity contribution in [2.75, 3.05) is 26.2 Å². The fourth-order valence-corrected chi connectivity index (χ4v) is 1.60. The first-order valence-electron chi connectivity index (χ1n) is 4.65. The first-order chi connectivity index (χ1) is 5.83. The van der Waals surface area contributed by atoms with Crippen LogP contribution in [-0.4, -0.2) is 37.1 Å². The molecule has 0 unspecified atom stereocenters. The Morgan fingerprint density at radius 2 is 2.50 bits per heavy atom. The molecule has 0 aromatic carbocycles. The lowest BCUT2D eigenvalue weighted by Crippen LogP contribution is -2.49. The summed E-state index contributed by atoms with van der Waals surface area (Å²) in [7, 11) is 0. The molecule has 0 spiro atoms. The van der Waals surface area contributed by atoms with Crippen LogP contribution in [0.1, 0.15) is 19.8 Å². The van der Waals surface area contributed by atoms with Crippen LogP contribution in [-0.2, 0) is 0 Å². The highest BCUT2D eigenvalue weighted by molar-refractivity contribution is 4.76. The Morgan fingerprint density at radius 1 is 1.67 bits per heavy atom. The van der Waals surface area contributed by atoms with Crippen molar-refractivity contribution in [1.29, 1.82) is 5.26 Å². The minimum atomic E-state index is 0.612. The van der Waals surface area contributed by atoms with Gasteiger partial charge in [-0.3, -0.25) is 0 Å². The lowest BCUT2D eigenvalue weighted by molar-refractivity contribution is 0.206. The van der Waals surface area contributed by atoms with Crippen LogP contribution in [0.5, 0.6) is 0 Å². The first kappa shape index (κ1) is 9.50. The van der Waals surface area contributed by atoms with Crippen LogP contribution in [0, 0.1) is 11.3 Å². The maximum Gasteiger partial charge on any atom is 0.0622 e. The number of rotatable bonds is 3. The molecule has 1 rings (SSSR count).